The van der Waals surface area contributed by atoms with Gasteiger partial charge in [-0.15, -0.1) is 0 Å². The Hall–Kier alpha value is -1.57. The van der Waals surface area contributed by atoms with Gasteiger partial charge in [0.05, 0.1) is 0 Å². The lowest BCUT2D eigenvalue weighted by molar-refractivity contribution is -0.223. The van der Waals surface area contributed by atoms with Crippen LogP contribution in [-0.2, 0) is 14.3 Å². The van der Waals surface area contributed by atoms with E-state index in [1.807, 2.05) is 0 Å². The maximum absolute atomic E-state index is 13.5. The number of carbonyl (C=O) groups excluding carboxylic acids is 2. The Morgan fingerprint density at radius 1 is 1.14 bits per heavy atom. The van der Waals surface area contributed by atoms with Crippen LogP contribution in [0.5, 0.6) is 0 Å². The molecular weight excluding hydrogens is 469 g/mol. The molecule has 0 radical (unpaired) electrons. The van der Waals surface area contributed by atoms with Crippen molar-refractivity contribution in [3.8, 4) is 0 Å². The Labute approximate surface area is 212 Å². The number of fused-ring (bicyclic) bond motifs is 4. The average molecular weight is 511 g/mol. The molecule has 9 atom stereocenters. The zero-order valence-electron chi connectivity index (χ0n) is 22.2. The van der Waals surface area contributed by atoms with E-state index in [9.17, 15) is 22.8 Å². The van der Waals surface area contributed by atoms with Crippen molar-refractivity contribution >= 4 is 11.9 Å². The van der Waals surface area contributed by atoms with Gasteiger partial charge in [0.15, 0.2) is 0 Å². The Balaban J connectivity index is 1.33. The maximum atomic E-state index is 13.5. The lowest BCUT2D eigenvalue weighted by Crippen LogP contribution is -2.55. The van der Waals surface area contributed by atoms with E-state index in [2.05, 4.69) is 36.6 Å². The number of carbonyl (C=O) groups is 2. The number of likely N-dealkylation sites (N-methyl/N-ethyl adjacent to an activating group) is 1. The summed E-state index contributed by atoms with van der Waals surface area (Å²) in [6, 6.07) is 0.344. The molecule has 4 aliphatic carbocycles. The summed E-state index contributed by atoms with van der Waals surface area (Å²) in [5.74, 6) is 0.576. The van der Waals surface area contributed by atoms with Crippen LogP contribution in [-0.4, -0.2) is 66.7 Å². The molecule has 4 fully saturated rings. The molecule has 3 saturated carbocycles. The highest BCUT2D eigenvalue weighted by atomic mass is 19.4. The van der Waals surface area contributed by atoms with Gasteiger partial charge in [-0.2, -0.15) is 13.2 Å². The van der Waals surface area contributed by atoms with Gasteiger partial charge in [-0.25, -0.2) is 0 Å². The number of likely N-dealkylation sites (tertiary alicyclic amines) is 1. The zero-order valence-corrected chi connectivity index (χ0v) is 22.2. The lowest BCUT2D eigenvalue weighted by Gasteiger charge is -2.58. The summed E-state index contributed by atoms with van der Waals surface area (Å²) in [5, 5.41) is 0. The first-order chi connectivity index (χ1) is 16.8. The summed E-state index contributed by atoms with van der Waals surface area (Å²) in [6.07, 6.45) is 3.10. The highest BCUT2D eigenvalue weighted by molar-refractivity contribution is 5.84. The first kappa shape index (κ1) is 26.1. The fourth-order valence-corrected chi connectivity index (χ4v) is 9.56. The van der Waals surface area contributed by atoms with Crippen molar-refractivity contribution in [3.05, 3.63) is 11.6 Å². The van der Waals surface area contributed by atoms with Crippen molar-refractivity contribution in [2.75, 3.05) is 20.6 Å². The Bertz CT molecular complexity index is 951. The van der Waals surface area contributed by atoms with E-state index in [1.165, 1.54) is 49.7 Å². The number of allylic oxidation sites excluding steroid dienone is 1. The standard InChI is InChI=1S/C28H41F3N2O3/c1-16-21-8-9-23-20-7-6-18-14-19(33(5)25(35)24(28(29,30)31)36-17(2)34)10-12-26(18,3)22(20)11-13-27(21,23)15-32(16)4/h6,16,19-24H,7-15H2,1-5H3. The molecule has 5 aliphatic rings. The predicted molar refractivity (Wildman–Crippen MR) is 130 cm³/mol. The van der Waals surface area contributed by atoms with E-state index < -0.39 is 24.2 Å². The van der Waals surface area contributed by atoms with Gasteiger partial charge < -0.3 is 14.5 Å². The second-order valence-electron chi connectivity index (χ2n) is 12.7. The molecule has 1 heterocycles. The summed E-state index contributed by atoms with van der Waals surface area (Å²) in [4.78, 5) is 27.8. The second kappa shape index (κ2) is 8.74. The number of amides is 1. The highest BCUT2D eigenvalue weighted by Crippen LogP contribution is 2.68. The van der Waals surface area contributed by atoms with Crippen molar-refractivity contribution in [1.29, 1.82) is 0 Å². The number of hydrogen-bond donors (Lipinski definition) is 0. The largest absolute Gasteiger partial charge is 0.443 e. The molecule has 36 heavy (non-hydrogen) atoms. The molecule has 1 amide bonds. The molecule has 5 rings (SSSR count). The minimum atomic E-state index is -4.93. The van der Waals surface area contributed by atoms with Crippen LogP contribution in [0, 0.1) is 34.5 Å². The van der Waals surface area contributed by atoms with Crippen LogP contribution in [0.1, 0.15) is 72.1 Å². The van der Waals surface area contributed by atoms with Gasteiger partial charge in [-0.05, 0) is 99.8 Å². The lowest BCUT2D eigenvalue weighted by atomic mass is 9.47. The normalized spacial score (nSPS) is 42.9. The van der Waals surface area contributed by atoms with Crippen molar-refractivity contribution in [3.63, 3.8) is 0 Å². The second-order valence-corrected chi connectivity index (χ2v) is 12.7. The summed E-state index contributed by atoms with van der Waals surface area (Å²) in [5.41, 5.74) is 1.83. The van der Waals surface area contributed by atoms with Gasteiger partial charge in [0, 0.05) is 32.6 Å². The third kappa shape index (κ3) is 3.83. The molecule has 0 N–H and O–H groups in total. The van der Waals surface area contributed by atoms with Gasteiger partial charge in [0.25, 0.3) is 12.0 Å². The Morgan fingerprint density at radius 2 is 1.83 bits per heavy atom. The third-order valence-corrected chi connectivity index (χ3v) is 11.4. The number of nitrogens with zero attached hydrogens (tertiary/aromatic N) is 2. The molecule has 1 spiro atoms. The number of esters is 1. The van der Waals surface area contributed by atoms with E-state index in [4.69, 9.17) is 0 Å². The van der Waals surface area contributed by atoms with Gasteiger partial charge in [-0.1, -0.05) is 18.6 Å². The number of alkyl halides is 3. The quantitative estimate of drug-likeness (QED) is 0.387. The van der Waals surface area contributed by atoms with Crippen LogP contribution in [0.15, 0.2) is 11.6 Å². The van der Waals surface area contributed by atoms with Gasteiger partial charge >= 0.3 is 12.1 Å². The van der Waals surface area contributed by atoms with E-state index in [1.54, 1.807) is 0 Å². The van der Waals surface area contributed by atoms with E-state index >= 15 is 0 Å². The smallest absolute Gasteiger partial charge is 0.434 e. The fourth-order valence-electron chi connectivity index (χ4n) is 9.56. The van der Waals surface area contributed by atoms with Crippen molar-refractivity contribution in [1.82, 2.24) is 9.80 Å². The third-order valence-electron chi connectivity index (χ3n) is 11.4. The van der Waals surface area contributed by atoms with Crippen molar-refractivity contribution in [2.45, 2.75) is 96.5 Å². The van der Waals surface area contributed by atoms with Crippen molar-refractivity contribution in [2.24, 2.45) is 34.5 Å². The summed E-state index contributed by atoms with van der Waals surface area (Å²) in [6.45, 7) is 6.89. The van der Waals surface area contributed by atoms with Crippen LogP contribution in [0.4, 0.5) is 13.2 Å². The Morgan fingerprint density at radius 3 is 2.50 bits per heavy atom. The molecule has 0 aromatic carbocycles. The SMILES string of the molecule is CC(=O)OC(C(=O)N(C)C1CCC2(C)C(=CCC3C2CCC24CN(C)C(C)C2CCC34)C1)C(F)(F)F. The monoisotopic (exact) mass is 510 g/mol. The highest BCUT2D eigenvalue weighted by Gasteiger charge is 2.64. The summed E-state index contributed by atoms with van der Waals surface area (Å²) in [7, 11) is 3.70. The summed E-state index contributed by atoms with van der Waals surface area (Å²) < 4.78 is 44.8. The fraction of sp³-hybridized carbons (Fsp3) is 0.857. The van der Waals surface area contributed by atoms with Crippen LogP contribution < -0.4 is 0 Å². The van der Waals surface area contributed by atoms with Crippen molar-refractivity contribution < 1.29 is 27.5 Å². The average Bonchev–Trinajstić information content (AvgIpc) is 3.29. The van der Waals surface area contributed by atoms with Crippen LogP contribution in [0.2, 0.25) is 0 Å². The minimum absolute atomic E-state index is 0.0540. The van der Waals surface area contributed by atoms with Gasteiger partial charge in [-0.3, -0.25) is 9.59 Å². The van der Waals surface area contributed by atoms with Crippen LogP contribution in [0.25, 0.3) is 0 Å². The molecule has 1 aliphatic heterocycles. The number of ether oxygens (including phenoxy) is 1. The first-order valence-corrected chi connectivity index (χ1v) is 13.7. The number of halogens is 3. The molecule has 9 unspecified atom stereocenters. The molecule has 202 valence electrons. The molecular formula is C28H41F3N2O3. The van der Waals surface area contributed by atoms with Crippen LogP contribution >= 0.6 is 0 Å². The zero-order chi connectivity index (χ0) is 26.2. The van der Waals surface area contributed by atoms with E-state index in [0.717, 1.165) is 31.6 Å². The molecule has 0 aromatic heterocycles. The maximum Gasteiger partial charge on any atom is 0.434 e. The van der Waals surface area contributed by atoms with E-state index in [-0.39, 0.29) is 11.5 Å². The topological polar surface area (TPSA) is 49.9 Å². The van der Waals surface area contributed by atoms with Gasteiger partial charge in [0.2, 0.25) is 0 Å². The number of hydrogen-bond acceptors (Lipinski definition) is 4. The molecule has 1 saturated heterocycles. The number of rotatable bonds is 3. The predicted octanol–water partition coefficient (Wildman–Crippen LogP) is 5.20. The Kier molecular flexibility index (Phi) is 6.32. The van der Waals surface area contributed by atoms with Gasteiger partial charge in [0.1, 0.15) is 0 Å². The molecule has 5 nitrogen and oxygen atoms in total. The molecule has 0 aromatic rings. The first-order valence-electron chi connectivity index (χ1n) is 13.7. The van der Waals surface area contributed by atoms with E-state index in [0.29, 0.717) is 36.1 Å². The minimum Gasteiger partial charge on any atom is -0.443 e. The van der Waals surface area contributed by atoms with Crippen LogP contribution in [0.3, 0.4) is 0 Å². The molecule has 0 bridgehead atoms. The molecule has 8 heteroatoms. The summed E-state index contributed by atoms with van der Waals surface area (Å²) >= 11 is 0.